The largest absolute Gasteiger partial charge is 0.507 e. The summed E-state index contributed by atoms with van der Waals surface area (Å²) in [5, 5.41) is 10.4. The molecule has 37 heavy (non-hydrogen) atoms. The van der Waals surface area contributed by atoms with Crippen LogP contribution in [0.4, 0.5) is 0 Å². The van der Waals surface area contributed by atoms with Gasteiger partial charge < -0.3 is 14.6 Å². The highest BCUT2D eigenvalue weighted by atomic mass is 35.6. The summed E-state index contributed by atoms with van der Waals surface area (Å²) in [5.41, 5.74) is 0.900. The number of β-lactam (4-membered cyclic amide) rings is 1. The molecule has 0 saturated carbocycles. The Morgan fingerprint density at radius 3 is 2.19 bits per heavy atom. The second-order valence-electron chi connectivity index (χ2n) is 11.3. The molecule has 0 bridgehead atoms. The lowest BCUT2D eigenvalue weighted by atomic mass is 9.78. The smallest absolute Gasteiger partial charge is 0.355 e. The molecule has 1 N–H and O–H groups in total. The molecule has 0 unspecified atom stereocenters. The number of esters is 1. The quantitative estimate of drug-likeness (QED) is 0.200. The number of amides is 1. The summed E-state index contributed by atoms with van der Waals surface area (Å²) in [6.07, 6.45) is 1.59. The van der Waals surface area contributed by atoms with Crippen LogP contribution in [0.5, 0.6) is 5.75 Å². The molecule has 0 spiro atoms. The van der Waals surface area contributed by atoms with Crippen LogP contribution >= 0.6 is 46.6 Å². The molecule has 2 atom stereocenters. The van der Waals surface area contributed by atoms with Crippen molar-refractivity contribution in [2.45, 2.75) is 74.2 Å². The Morgan fingerprint density at radius 2 is 1.73 bits per heavy atom. The Balaban J connectivity index is 1.97. The van der Waals surface area contributed by atoms with Gasteiger partial charge >= 0.3 is 5.97 Å². The van der Waals surface area contributed by atoms with Crippen molar-refractivity contribution in [3.63, 3.8) is 0 Å². The molecule has 1 aromatic carbocycles. The number of carbonyl (C=O) groups excluding carboxylic acids is 2. The van der Waals surface area contributed by atoms with E-state index in [1.807, 2.05) is 53.7 Å². The number of aromatic hydroxyl groups is 1. The van der Waals surface area contributed by atoms with Crippen molar-refractivity contribution in [3.05, 3.63) is 40.1 Å². The second-order valence-corrected chi connectivity index (χ2v) is 14.9. The number of hydrogen-bond donors (Lipinski definition) is 1. The predicted octanol–water partition coefficient (Wildman–Crippen LogP) is 5.85. The molecule has 11 heteroatoms. The van der Waals surface area contributed by atoms with Gasteiger partial charge in [-0.05, 0) is 41.0 Å². The van der Waals surface area contributed by atoms with Crippen LogP contribution in [-0.2, 0) is 29.9 Å². The Kier molecular flexibility index (Phi) is 8.35. The van der Waals surface area contributed by atoms with Crippen LogP contribution in [0.15, 0.2) is 28.4 Å². The summed E-state index contributed by atoms with van der Waals surface area (Å²) < 4.78 is 9.06. The number of hydrogen-bond acceptors (Lipinski definition) is 7. The number of alkyl halides is 3. The summed E-state index contributed by atoms with van der Waals surface area (Å²) in [7, 11) is 1.41. The van der Waals surface area contributed by atoms with Crippen molar-refractivity contribution in [1.29, 1.82) is 0 Å². The van der Waals surface area contributed by atoms with Crippen LogP contribution in [0.1, 0.15) is 65.2 Å². The van der Waals surface area contributed by atoms with Gasteiger partial charge in [-0.15, -0.1) is 11.8 Å². The number of ether oxygens (including phenoxy) is 2. The fraction of sp³-hybridized carbons (Fsp3) is 0.577. The average Bonchev–Trinajstić information content (AvgIpc) is 2.76. The molecule has 0 radical (unpaired) electrons. The van der Waals surface area contributed by atoms with E-state index in [0.717, 1.165) is 16.7 Å². The number of rotatable bonds is 5. The van der Waals surface area contributed by atoms with Gasteiger partial charge in [0.25, 0.3) is 11.6 Å². The molecule has 3 rings (SSSR count). The van der Waals surface area contributed by atoms with E-state index in [0.29, 0.717) is 11.3 Å². The van der Waals surface area contributed by atoms with Gasteiger partial charge in [0, 0.05) is 30.2 Å². The third-order valence-corrected chi connectivity index (χ3v) is 8.00. The average molecular weight is 592 g/mol. The molecule has 204 valence electrons. The third kappa shape index (κ3) is 5.93. The first-order valence-corrected chi connectivity index (χ1v) is 13.9. The number of fused-ring (bicyclic) bond motifs is 1. The number of methoxy groups -OCH3 is 1. The van der Waals surface area contributed by atoms with E-state index >= 15 is 0 Å². The van der Waals surface area contributed by atoms with Gasteiger partial charge in [0.15, 0.2) is 0 Å². The number of halogens is 3. The number of thioether (sulfide) groups is 1. The second kappa shape index (κ2) is 10.3. The topological polar surface area (TPSA) is 88.4 Å². The highest BCUT2D eigenvalue weighted by Crippen LogP contribution is 2.49. The Bertz CT molecular complexity index is 1130. The first-order chi connectivity index (χ1) is 16.8. The first-order valence-electron chi connectivity index (χ1n) is 11.7. The van der Waals surface area contributed by atoms with Crippen LogP contribution in [0.2, 0.25) is 0 Å². The van der Waals surface area contributed by atoms with Crippen LogP contribution in [0.3, 0.4) is 0 Å². The molecule has 2 aliphatic heterocycles. The third-order valence-electron chi connectivity index (χ3n) is 6.22. The normalized spacial score (nSPS) is 22.8. The molecule has 1 aromatic rings. The predicted molar refractivity (Wildman–Crippen MR) is 150 cm³/mol. The summed E-state index contributed by atoms with van der Waals surface area (Å²) in [6.45, 7) is 13.4. The molecule has 1 saturated heterocycles. The molecule has 2 aliphatic rings. The monoisotopic (exact) mass is 590 g/mol. The zero-order valence-electron chi connectivity index (χ0n) is 22.2. The van der Waals surface area contributed by atoms with Crippen molar-refractivity contribution in [2.24, 2.45) is 4.99 Å². The minimum absolute atomic E-state index is 0.112. The molecule has 7 nitrogen and oxygen atoms in total. The maximum Gasteiger partial charge on any atom is 0.355 e. The molecule has 0 aliphatic carbocycles. The number of aliphatic imine (C=N–C) groups is 1. The maximum atomic E-state index is 13.5. The van der Waals surface area contributed by atoms with E-state index in [-0.39, 0.29) is 22.3 Å². The van der Waals surface area contributed by atoms with Crippen LogP contribution < -0.4 is 0 Å². The van der Waals surface area contributed by atoms with Gasteiger partial charge in [-0.2, -0.15) is 0 Å². The lowest BCUT2D eigenvalue weighted by Gasteiger charge is -2.53. The van der Waals surface area contributed by atoms with Gasteiger partial charge in [0.2, 0.25) is 3.79 Å². The molecular formula is C26H33Cl3N2O5S. The summed E-state index contributed by atoms with van der Waals surface area (Å²) in [5.74, 6) is -0.519. The van der Waals surface area contributed by atoms with Crippen LogP contribution in [0.25, 0.3) is 0 Å². The lowest BCUT2D eigenvalue weighted by Crippen LogP contribution is -2.73. The van der Waals surface area contributed by atoms with Crippen LogP contribution in [-0.4, -0.2) is 62.5 Å². The Morgan fingerprint density at radius 1 is 1.19 bits per heavy atom. The fourth-order valence-corrected chi connectivity index (χ4v) is 5.81. The first kappa shape index (κ1) is 30.1. The number of phenolic OH excluding ortho intramolecular Hbond substituents is 1. The maximum absolute atomic E-state index is 13.5. The molecular weight excluding hydrogens is 559 g/mol. The van der Waals surface area contributed by atoms with Gasteiger partial charge in [-0.3, -0.25) is 9.69 Å². The molecule has 2 heterocycles. The number of phenols is 1. The Labute approximate surface area is 237 Å². The minimum atomic E-state index is -1.77. The highest BCUT2D eigenvalue weighted by Gasteiger charge is 2.66. The fourth-order valence-electron chi connectivity index (χ4n) is 4.27. The number of benzene rings is 1. The zero-order chi connectivity index (χ0) is 28.1. The van der Waals surface area contributed by atoms with Crippen molar-refractivity contribution < 1.29 is 24.2 Å². The van der Waals surface area contributed by atoms with E-state index in [4.69, 9.17) is 44.3 Å². The highest BCUT2D eigenvalue weighted by molar-refractivity contribution is 8.00. The SMILES string of the molecule is CO[C@@]1(N=Cc2cc(C(C)(C)C)c(O)c(C(C)(C)C)c2)C(=O)N2C(C(=O)OCC(Cl)(Cl)Cl)=C(C)CS[C@H]21. The van der Waals surface area contributed by atoms with Gasteiger partial charge in [-0.1, -0.05) is 76.3 Å². The molecule has 1 fully saturated rings. The summed E-state index contributed by atoms with van der Waals surface area (Å²) in [6, 6.07) is 3.74. The van der Waals surface area contributed by atoms with E-state index < -0.39 is 33.4 Å². The van der Waals surface area contributed by atoms with Crippen molar-refractivity contribution in [2.75, 3.05) is 19.5 Å². The van der Waals surface area contributed by atoms with E-state index in [9.17, 15) is 14.7 Å². The van der Waals surface area contributed by atoms with Crippen molar-refractivity contribution in [3.8, 4) is 5.75 Å². The van der Waals surface area contributed by atoms with Crippen molar-refractivity contribution in [1.82, 2.24) is 4.90 Å². The lowest BCUT2D eigenvalue weighted by molar-refractivity contribution is -0.182. The van der Waals surface area contributed by atoms with Gasteiger partial charge in [-0.25, -0.2) is 9.79 Å². The number of nitrogens with zero attached hydrogens (tertiary/aromatic N) is 2. The zero-order valence-corrected chi connectivity index (χ0v) is 25.3. The standard InChI is InChI=1S/C26H33Cl3N2O5S/c1-14-12-37-22-26(35-8,21(34)31(22)18(14)20(33)36-13-25(27,28)29)30-11-15-9-16(23(2,3)4)19(32)17(10-15)24(5,6)7/h9-11,22,32H,12-13H2,1-8H3/t22-,26-/m0/s1. The van der Waals surface area contributed by atoms with Gasteiger partial charge in [0.05, 0.1) is 0 Å². The summed E-state index contributed by atoms with van der Waals surface area (Å²) in [4.78, 5) is 32.2. The van der Waals surface area contributed by atoms with Crippen molar-refractivity contribution >= 4 is 64.7 Å². The Hall–Kier alpha value is -1.45. The minimum Gasteiger partial charge on any atom is -0.507 e. The van der Waals surface area contributed by atoms with E-state index in [1.165, 1.54) is 23.8 Å². The molecule has 0 aromatic heterocycles. The van der Waals surface area contributed by atoms with E-state index in [1.54, 1.807) is 13.1 Å². The molecule has 1 amide bonds. The number of carbonyl (C=O) groups is 2. The summed E-state index contributed by atoms with van der Waals surface area (Å²) >= 11 is 18.6. The van der Waals surface area contributed by atoms with Gasteiger partial charge in [0.1, 0.15) is 23.4 Å². The van der Waals surface area contributed by atoms with E-state index in [2.05, 4.69) is 4.99 Å². The van der Waals surface area contributed by atoms with Crippen LogP contribution in [0, 0.1) is 0 Å².